The van der Waals surface area contributed by atoms with E-state index in [0.29, 0.717) is 15.2 Å². The fraction of sp³-hybridized carbons (Fsp3) is 0.0476. The molecular formula is C21H15ClN4O2S. The summed E-state index contributed by atoms with van der Waals surface area (Å²) in [6.45, 7) is -0.177. The molecule has 2 heterocycles. The van der Waals surface area contributed by atoms with Crippen molar-refractivity contribution in [2.45, 2.75) is 6.54 Å². The van der Waals surface area contributed by atoms with Gasteiger partial charge in [0.25, 0.3) is 11.5 Å². The Morgan fingerprint density at radius 3 is 2.69 bits per heavy atom. The number of carbonyl (C=O) groups excluding carboxylic acids is 1. The number of amides is 1. The van der Waals surface area contributed by atoms with E-state index in [1.165, 1.54) is 28.4 Å². The second-order valence-electron chi connectivity index (χ2n) is 6.22. The van der Waals surface area contributed by atoms with Crippen LogP contribution < -0.4 is 11.0 Å². The van der Waals surface area contributed by atoms with Gasteiger partial charge in [-0.3, -0.25) is 14.2 Å². The van der Waals surface area contributed by atoms with E-state index in [1.807, 2.05) is 35.7 Å². The van der Waals surface area contributed by atoms with Crippen molar-refractivity contribution in [1.82, 2.24) is 15.0 Å². The monoisotopic (exact) mass is 422 g/mol. The van der Waals surface area contributed by atoms with Crippen LogP contribution in [0.2, 0.25) is 5.02 Å². The second kappa shape index (κ2) is 8.38. The van der Waals surface area contributed by atoms with Gasteiger partial charge in [0, 0.05) is 16.0 Å². The van der Waals surface area contributed by atoms with Crippen LogP contribution in [0.1, 0.15) is 5.56 Å². The normalized spacial score (nSPS) is 11.2. The molecule has 4 rings (SSSR count). The first kappa shape index (κ1) is 19.0. The average Bonchev–Trinajstić information content (AvgIpc) is 3.17. The van der Waals surface area contributed by atoms with E-state index >= 15 is 0 Å². The summed E-state index contributed by atoms with van der Waals surface area (Å²) < 4.78 is 1.29. The summed E-state index contributed by atoms with van der Waals surface area (Å²) in [7, 11) is 0. The highest BCUT2D eigenvalue weighted by Crippen LogP contribution is 2.30. The quantitative estimate of drug-likeness (QED) is 0.391. The molecule has 8 heteroatoms. The number of benzene rings is 2. The number of aromatic nitrogens is 2. The topological polar surface area (TPSA) is 76.3 Å². The highest BCUT2D eigenvalue weighted by molar-refractivity contribution is 7.17. The first-order valence-electron chi connectivity index (χ1n) is 8.71. The number of halogens is 1. The Labute approximate surface area is 175 Å². The molecule has 0 aliphatic rings. The summed E-state index contributed by atoms with van der Waals surface area (Å²) in [6.07, 6.45) is 2.89. The average molecular weight is 423 g/mol. The lowest BCUT2D eigenvalue weighted by molar-refractivity contribution is -0.121. The maximum Gasteiger partial charge on any atom is 0.263 e. The lowest BCUT2D eigenvalue weighted by Crippen LogP contribution is -2.30. The minimum Gasteiger partial charge on any atom is -0.289 e. The van der Waals surface area contributed by atoms with Gasteiger partial charge in [-0.1, -0.05) is 54.1 Å². The molecular weight excluding hydrogens is 408 g/mol. The number of hydrogen-bond acceptors (Lipinski definition) is 5. The third-order valence-electron chi connectivity index (χ3n) is 4.23. The smallest absolute Gasteiger partial charge is 0.263 e. The van der Waals surface area contributed by atoms with E-state index in [-0.39, 0.29) is 12.1 Å². The number of fused-ring (bicyclic) bond motifs is 1. The Bertz CT molecular complexity index is 1250. The molecule has 1 N–H and O–H groups in total. The zero-order valence-corrected chi connectivity index (χ0v) is 16.7. The minimum absolute atomic E-state index is 0.177. The van der Waals surface area contributed by atoms with Crippen molar-refractivity contribution < 1.29 is 4.79 Å². The molecule has 29 heavy (non-hydrogen) atoms. The summed E-state index contributed by atoms with van der Waals surface area (Å²) >= 11 is 7.24. The summed E-state index contributed by atoms with van der Waals surface area (Å²) in [6, 6.07) is 16.7. The standard InChI is InChI=1S/C21H15ClN4O2S/c22-16-8-6-14(7-9-16)10-24-25-18(27)11-26-13-23-20-19(21(26)28)17(12-29-20)15-4-2-1-3-5-15/h1-10,12-13H,11H2,(H,25,27)/b24-10+. The molecule has 0 unspecified atom stereocenters. The fourth-order valence-electron chi connectivity index (χ4n) is 2.83. The zero-order chi connectivity index (χ0) is 20.2. The Balaban J connectivity index is 1.53. The van der Waals surface area contributed by atoms with E-state index in [0.717, 1.165) is 16.7 Å². The molecule has 144 valence electrons. The van der Waals surface area contributed by atoms with Crippen LogP contribution in [0.15, 0.2) is 76.2 Å². The highest BCUT2D eigenvalue weighted by Gasteiger charge is 2.14. The number of nitrogens with zero attached hydrogens (tertiary/aromatic N) is 3. The lowest BCUT2D eigenvalue weighted by atomic mass is 10.1. The Morgan fingerprint density at radius 1 is 1.17 bits per heavy atom. The maximum absolute atomic E-state index is 12.9. The molecule has 0 fully saturated rings. The van der Waals surface area contributed by atoms with Gasteiger partial charge in [0.2, 0.25) is 0 Å². The van der Waals surface area contributed by atoms with Gasteiger partial charge in [0.15, 0.2) is 0 Å². The number of thiophene rings is 1. The molecule has 1 amide bonds. The SMILES string of the molecule is O=C(Cn1cnc2scc(-c3ccccc3)c2c1=O)N/N=C/c1ccc(Cl)cc1. The van der Waals surface area contributed by atoms with Crippen molar-refractivity contribution >= 4 is 45.3 Å². The number of hydrazone groups is 1. The molecule has 0 atom stereocenters. The molecule has 2 aromatic heterocycles. The number of nitrogens with one attached hydrogen (secondary N) is 1. The number of rotatable bonds is 5. The Hall–Kier alpha value is -3.29. The molecule has 0 spiro atoms. The van der Waals surface area contributed by atoms with E-state index in [9.17, 15) is 9.59 Å². The van der Waals surface area contributed by atoms with Gasteiger partial charge < -0.3 is 0 Å². The molecule has 0 bridgehead atoms. The van der Waals surface area contributed by atoms with Gasteiger partial charge >= 0.3 is 0 Å². The fourth-order valence-corrected chi connectivity index (χ4v) is 3.86. The van der Waals surface area contributed by atoms with Crippen molar-refractivity contribution in [3.8, 4) is 11.1 Å². The predicted molar refractivity (Wildman–Crippen MR) is 117 cm³/mol. The third kappa shape index (κ3) is 4.26. The van der Waals surface area contributed by atoms with Crippen LogP contribution in [0.4, 0.5) is 0 Å². The van der Waals surface area contributed by atoms with Crippen LogP contribution in [0.3, 0.4) is 0 Å². The molecule has 2 aromatic carbocycles. The zero-order valence-electron chi connectivity index (χ0n) is 15.1. The second-order valence-corrected chi connectivity index (χ2v) is 7.51. The van der Waals surface area contributed by atoms with Crippen LogP contribution in [0, 0.1) is 0 Å². The number of carbonyl (C=O) groups is 1. The van der Waals surface area contributed by atoms with Crippen LogP contribution in [0.5, 0.6) is 0 Å². The Kier molecular flexibility index (Phi) is 5.50. The van der Waals surface area contributed by atoms with Gasteiger partial charge in [-0.2, -0.15) is 5.10 Å². The van der Waals surface area contributed by atoms with Crippen LogP contribution in [-0.2, 0) is 11.3 Å². The minimum atomic E-state index is -0.421. The first-order chi connectivity index (χ1) is 14.1. The predicted octanol–water partition coefficient (Wildman–Crippen LogP) is 3.93. The van der Waals surface area contributed by atoms with Crippen molar-refractivity contribution in [3.05, 3.63) is 87.2 Å². The number of hydrogen-bond donors (Lipinski definition) is 1. The third-order valence-corrected chi connectivity index (χ3v) is 5.37. The first-order valence-corrected chi connectivity index (χ1v) is 9.97. The van der Waals surface area contributed by atoms with Crippen molar-refractivity contribution in [3.63, 3.8) is 0 Å². The van der Waals surface area contributed by atoms with Gasteiger partial charge in [-0.15, -0.1) is 11.3 Å². The van der Waals surface area contributed by atoms with E-state index in [1.54, 1.807) is 24.3 Å². The maximum atomic E-state index is 12.9. The van der Waals surface area contributed by atoms with E-state index in [2.05, 4.69) is 15.5 Å². The van der Waals surface area contributed by atoms with Crippen molar-refractivity contribution in [1.29, 1.82) is 0 Å². The van der Waals surface area contributed by atoms with E-state index < -0.39 is 5.91 Å². The molecule has 0 aliphatic carbocycles. The Morgan fingerprint density at radius 2 is 1.93 bits per heavy atom. The summed E-state index contributed by atoms with van der Waals surface area (Å²) in [5.74, 6) is -0.421. The summed E-state index contributed by atoms with van der Waals surface area (Å²) in [5, 5.41) is 6.96. The van der Waals surface area contributed by atoms with Gasteiger partial charge in [0.1, 0.15) is 11.4 Å². The lowest BCUT2D eigenvalue weighted by Gasteiger charge is -2.05. The molecule has 4 aromatic rings. The molecule has 6 nitrogen and oxygen atoms in total. The van der Waals surface area contributed by atoms with Crippen LogP contribution in [0.25, 0.3) is 21.3 Å². The largest absolute Gasteiger partial charge is 0.289 e. The van der Waals surface area contributed by atoms with Crippen LogP contribution >= 0.6 is 22.9 Å². The highest BCUT2D eigenvalue weighted by atomic mass is 35.5. The van der Waals surface area contributed by atoms with Gasteiger partial charge in [-0.25, -0.2) is 10.4 Å². The molecule has 0 aliphatic heterocycles. The van der Waals surface area contributed by atoms with Crippen molar-refractivity contribution in [2.75, 3.05) is 0 Å². The van der Waals surface area contributed by atoms with Crippen LogP contribution in [-0.4, -0.2) is 21.7 Å². The van der Waals surface area contributed by atoms with Gasteiger partial charge in [-0.05, 0) is 23.3 Å². The molecule has 0 saturated carbocycles. The summed E-state index contributed by atoms with van der Waals surface area (Å²) in [4.78, 5) is 30.1. The molecule has 0 saturated heterocycles. The molecule has 0 radical (unpaired) electrons. The van der Waals surface area contributed by atoms with Crippen molar-refractivity contribution in [2.24, 2.45) is 5.10 Å². The van der Waals surface area contributed by atoms with E-state index in [4.69, 9.17) is 11.6 Å². The van der Waals surface area contributed by atoms with Gasteiger partial charge in [0.05, 0.1) is 17.9 Å². The summed E-state index contributed by atoms with van der Waals surface area (Å²) in [5.41, 5.74) is 4.71.